The van der Waals surface area contributed by atoms with Crippen molar-refractivity contribution in [2.45, 2.75) is 31.2 Å². The lowest BCUT2D eigenvalue weighted by molar-refractivity contribution is 0.384. The fourth-order valence-corrected chi connectivity index (χ4v) is 2.20. The molecule has 0 saturated heterocycles. The summed E-state index contributed by atoms with van der Waals surface area (Å²) in [4.78, 5) is 4.21. The van der Waals surface area contributed by atoms with Gasteiger partial charge in [0.1, 0.15) is 5.76 Å². The van der Waals surface area contributed by atoms with Crippen LogP contribution < -0.4 is 0 Å². The number of rotatable bonds is 5. The molecule has 0 spiro atoms. The van der Waals surface area contributed by atoms with E-state index in [1.165, 1.54) is 11.8 Å². The first-order valence-corrected chi connectivity index (χ1v) is 7.07. The fourth-order valence-electron chi connectivity index (χ4n) is 1.60. The average molecular weight is 292 g/mol. The monoisotopic (exact) mass is 292 g/mol. The maximum Gasteiger partial charge on any atom is 0.277 e. The van der Waals surface area contributed by atoms with Crippen LogP contribution in [0, 0.1) is 6.92 Å². The molecule has 3 heterocycles. The Hall–Kier alpha value is -2.09. The molecular weight excluding hydrogens is 280 g/mol. The zero-order valence-electron chi connectivity index (χ0n) is 11.0. The Bertz CT molecular complexity index is 703. The summed E-state index contributed by atoms with van der Waals surface area (Å²) in [7, 11) is 0. The Morgan fingerprint density at radius 1 is 1.30 bits per heavy atom. The molecule has 20 heavy (non-hydrogen) atoms. The van der Waals surface area contributed by atoms with E-state index < -0.39 is 0 Å². The van der Waals surface area contributed by atoms with Crippen LogP contribution in [0.25, 0.3) is 11.5 Å². The van der Waals surface area contributed by atoms with Crippen LogP contribution in [0.4, 0.5) is 0 Å². The molecule has 3 aromatic heterocycles. The second kappa shape index (κ2) is 5.49. The van der Waals surface area contributed by atoms with E-state index in [1.54, 1.807) is 12.3 Å². The molecule has 0 aliphatic rings. The molecule has 0 unspecified atom stereocenters. The molecule has 0 N–H and O–H groups in total. The van der Waals surface area contributed by atoms with Gasteiger partial charge >= 0.3 is 0 Å². The van der Waals surface area contributed by atoms with Gasteiger partial charge in [-0.1, -0.05) is 23.8 Å². The molecule has 8 heteroatoms. The molecule has 0 bridgehead atoms. The summed E-state index contributed by atoms with van der Waals surface area (Å²) in [6.45, 7) is 3.82. The number of aryl methyl sites for hydroxylation is 2. The summed E-state index contributed by atoms with van der Waals surface area (Å²) in [6, 6.07) is 1.79. The van der Waals surface area contributed by atoms with Crippen LogP contribution in [0.1, 0.15) is 24.4 Å². The molecule has 104 valence electrons. The number of nitrogens with zero attached hydrogens (tertiary/aromatic N) is 4. The van der Waals surface area contributed by atoms with Crippen molar-refractivity contribution in [1.29, 1.82) is 0 Å². The summed E-state index contributed by atoms with van der Waals surface area (Å²) in [6.07, 6.45) is 2.34. The van der Waals surface area contributed by atoms with Crippen molar-refractivity contribution in [3.05, 3.63) is 29.8 Å². The third-order valence-electron chi connectivity index (χ3n) is 2.64. The van der Waals surface area contributed by atoms with E-state index in [1.807, 2.05) is 13.8 Å². The van der Waals surface area contributed by atoms with Gasteiger partial charge in [0.2, 0.25) is 5.89 Å². The van der Waals surface area contributed by atoms with Crippen molar-refractivity contribution in [3.63, 3.8) is 0 Å². The minimum Gasteiger partial charge on any atom is -0.469 e. The topological polar surface area (TPSA) is 91.0 Å². The zero-order chi connectivity index (χ0) is 13.9. The molecular formula is C12H12N4O3S. The van der Waals surface area contributed by atoms with Crippen molar-refractivity contribution < 1.29 is 13.4 Å². The first kappa shape index (κ1) is 12.9. The highest BCUT2D eigenvalue weighted by atomic mass is 32.2. The molecule has 0 aliphatic carbocycles. The van der Waals surface area contributed by atoms with E-state index in [2.05, 4.69) is 20.3 Å². The van der Waals surface area contributed by atoms with Crippen molar-refractivity contribution in [1.82, 2.24) is 20.3 Å². The van der Waals surface area contributed by atoms with E-state index in [0.29, 0.717) is 28.6 Å². The predicted molar refractivity (Wildman–Crippen MR) is 70.0 cm³/mol. The Kier molecular flexibility index (Phi) is 3.55. The van der Waals surface area contributed by atoms with Gasteiger partial charge in [-0.25, -0.2) is 0 Å². The van der Waals surface area contributed by atoms with Gasteiger partial charge in [-0.15, -0.1) is 10.2 Å². The minimum atomic E-state index is 0.443. The summed E-state index contributed by atoms with van der Waals surface area (Å²) in [5.41, 5.74) is 0.801. The highest BCUT2D eigenvalue weighted by molar-refractivity contribution is 7.98. The maximum absolute atomic E-state index is 5.55. The molecule has 0 atom stereocenters. The molecule has 3 rings (SSSR count). The molecule has 7 nitrogen and oxygen atoms in total. The fraction of sp³-hybridized carbons (Fsp3) is 0.333. The van der Waals surface area contributed by atoms with Crippen LogP contribution >= 0.6 is 11.8 Å². The number of furan rings is 1. The number of aromatic nitrogens is 4. The second-order valence-corrected chi connectivity index (χ2v) is 4.94. The minimum absolute atomic E-state index is 0.443. The van der Waals surface area contributed by atoms with Crippen LogP contribution in [0.15, 0.2) is 30.9 Å². The molecule has 0 aromatic carbocycles. The largest absolute Gasteiger partial charge is 0.469 e. The Balaban J connectivity index is 1.67. The Morgan fingerprint density at radius 2 is 2.20 bits per heavy atom. The number of thioether (sulfide) groups is 1. The highest BCUT2D eigenvalue weighted by Crippen LogP contribution is 2.27. The van der Waals surface area contributed by atoms with Gasteiger partial charge in [-0.2, -0.15) is 4.98 Å². The lowest BCUT2D eigenvalue weighted by Gasteiger charge is -1.91. The van der Waals surface area contributed by atoms with Crippen molar-refractivity contribution in [2.75, 3.05) is 0 Å². The second-order valence-electron chi connectivity index (χ2n) is 4.01. The summed E-state index contributed by atoms with van der Waals surface area (Å²) in [5.74, 6) is 2.93. The van der Waals surface area contributed by atoms with E-state index in [9.17, 15) is 0 Å². The zero-order valence-corrected chi connectivity index (χ0v) is 11.8. The normalized spacial score (nSPS) is 11.1. The van der Waals surface area contributed by atoms with Gasteiger partial charge in [0.25, 0.3) is 11.1 Å². The first-order valence-electron chi connectivity index (χ1n) is 6.08. The smallest absolute Gasteiger partial charge is 0.277 e. The van der Waals surface area contributed by atoms with Crippen molar-refractivity contribution in [3.8, 4) is 11.5 Å². The molecule has 0 fully saturated rings. The van der Waals surface area contributed by atoms with Crippen LogP contribution in [0.3, 0.4) is 0 Å². The molecule has 0 aliphatic heterocycles. The molecule has 0 saturated carbocycles. The number of hydrogen-bond acceptors (Lipinski definition) is 8. The van der Waals surface area contributed by atoms with Gasteiger partial charge in [-0.05, 0) is 13.0 Å². The lowest BCUT2D eigenvalue weighted by atomic mass is 10.3. The highest BCUT2D eigenvalue weighted by Gasteiger charge is 2.14. The predicted octanol–water partition coefficient (Wildman–Crippen LogP) is 2.88. The van der Waals surface area contributed by atoms with Gasteiger partial charge in [-0.3, -0.25) is 0 Å². The average Bonchev–Trinajstić information content (AvgIpc) is 3.16. The van der Waals surface area contributed by atoms with Gasteiger partial charge < -0.3 is 13.4 Å². The summed E-state index contributed by atoms with van der Waals surface area (Å²) >= 11 is 1.35. The van der Waals surface area contributed by atoms with E-state index in [0.717, 1.165) is 17.7 Å². The van der Waals surface area contributed by atoms with Gasteiger partial charge in [0, 0.05) is 6.42 Å². The molecule has 3 aromatic rings. The van der Waals surface area contributed by atoms with E-state index in [4.69, 9.17) is 13.4 Å². The van der Waals surface area contributed by atoms with Crippen LogP contribution in [-0.2, 0) is 12.2 Å². The number of hydrogen-bond donors (Lipinski definition) is 0. The van der Waals surface area contributed by atoms with Crippen LogP contribution in [0.2, 0.25) is 0 Å². The summed E-state index contributed by atoms with van der Waals surface area (Å²) < 4.78 is 15.8. The Morgan fingerprint density at radius 3 is 2.90 bits per heavy atom. The van der Waals surface area contributed by atoms with Crippen LogP contribution in [-0.4, -0.2) is 20.3 Å². The van der Waals surface area contributed by atoms with Gasteiger partial charge in [0.05, 0.1) is 17.6 Å². The summed E-state index contributed by atoms with van der Waals surface area (Å²) in [5, 5.41) is 12.2. The lowest BCUT2D eigenvalue weighted by Crippen LogP contribution is -1.84. The third-order valence-corrected chi connectivity index (χ3v) is 3.44. The SMILES string of the molecule is CCc1noc(CSc2nnc(-c3ccoc3C)o2)n1. The van der Waals surface area contributed by atoms with Crippen LogP contribution in [0.5, 0.6) is 0 Å². The van der Waals surface area contributed by atoms with Crippen molar-refractivity contribution in [2.24, 2.45) is 0 Å². The van der Waals surface area contributed by atoms with E-state index >= 15 is 0 Å². The van der Waals surface area contributed by atoms with Crippen molar-refractivity contribution >= 4 is 11.8 Å². The van der Waals surface area contributed by atoms with E-state index in [-0.39, 0.29) is 0 Å². The van der Waals surface area contributed by atoms with Gasteiger partial charge in [0.15, 0.2) is 5.82 Å². The Labute approximate surface area is 118 Å². The quantitative estimate of drug-likeness (QED) is 0.663. The maximum atomic E-state index is 5.55. The first-order chi connectivity index (χ1) is 9.76. The standard InChI is InChI=1S/C12H12N4O3S/c1-3-9-13-10(19-16-9)6-20-12-15-14-11(18-12)8-4-5-17-7(8)2/h4-5H,3,6H2,1-2H3. The third kappa shape index (κ3) is 2.60. The molecule has 0 radical (unpaired) electrons. The molecule has 0 amide bonds.